The van der Waals surface area contributed by atoms with Crippen LogP contribution < -0.4 is 15.8 Å². The van der Waals surface area contributed by atoms with Gasteiger partial charge < -0.3 is 10.2 Å². The summed E-state index contributed by atoms with van der Waals surface area (Å²) in [6, 6.07) is 7.68. The zero-order valence-corrected chi connectivity index (χ0v) is 20.3. The Morgan fingerprint density at radius 1 is 1.38 bits per heavy atom. The molecule has 0 spiro atoms. The molecule has 1 aromatic carbocycles. The largest absolute Gasteiger partial charge is 0.378 e. The van der Waals surface area contributed by atoms with Crippen LogP contribution in [-0.2, 0) is 24.2 Å². The number of aryl methyl sites for hydroxylation is 1. The third kappa shape index (κ3) is 4.61. The minimum atomic E-state index is -0.133. The quantitative estimate of drug-likeness (QED) is 0.313. The van der Waals surface area contributed by atoms with Crippen molar-refractivity contribution < 1.29 is 4.79 Å². The van der Waals surface area contributed by atoms with Gasteiger partial charge in [-0.3, -0.25) is 14.2 Å². The molecule has 32 heavy (non-hydrogen) atoms. The second-order valence-electron chi connectivity index (χ2n) is 8.41. The summed E-state index contributed by atoms with van der Waals surface area (Å²) in [4.78, 5) is 34.8. The number of aromatic nitrogens is 2. The summed E-state index contributed by atoms with van der Waals surface area (Å²) in [5.41, 5.74) is 2.96. The molecule has 0 saturated carbocycles. The van der Waals surface area contributed by atoms with Crippen LogP contribution in [0.4, 0.5) is 11.4 Å². The van der Waals surface area contributed by atoms with Gasteiger partial charge in [-0.05, 0) is 55.0 Å². The van der Waals surface area contributed by atoms with Crippen LogP contribution in [0.2, 0.25) is 0 Å². The van der Waals surface area contributed by atoms with Crippen molar-refractivity contribution in [2.45, 2.75) is 37.9 Å². The van der Waals surface area contributed by atoms with E-state index in [1.54, 1.807) is 22.0 Å². The number of nitrogens with one attached hydrogen (secondary N) is 1. The van der Waals surface area contributed by atoms with Crippen molar-refractivity contribution in [2.75, 3.05) is 30.1 Å². The highest BCUT2D eigenvalue weighted by Crippen LogP contribution is 2.36. The first kappa shape index (κ1) is 22.6. The molecule has 0 radical (unpaired) electrons. The van der Waals surface area contributed by atoms with E-state index in [0.29, 0.717) is 17.6 Å². The van der Waals surface area contributed by atoms with Gasteiger partial charge in [0.2, 0.25) is 5.91 Å². The van der Waals surface area contributed by atoms with Crippen molar-refractivity contribution in [1.82, 2.24) is 9.55 Å². The zero-order valence-electron chi connectivity index (χ0n) is 18.7. The Morgan fingerprint density at radius 2 is 2.12 bits per heavy atom. The van der Waals surface area contributed by atoms with E-state index >= 15 is 0 Å². The summed E-state index contributed by atoms with van der Waals surface area (Å²) in [5, 5.41) is 4.24. The predicted molar refractivity (Wildman–Crippen MR) is 135 cm³/mol. The van der Waals surface area contributed by atoms with E-state index in [1.165, 1.54) is 22.2 Å². The van der Waals surface area contributed by atoms with E-state index in [4.69, 9.17) is 4.98 Å². The molecule has 0 aliphatic heterocycles. The lowest BCUT2D eigenvalue weighted by molar-refractivity contribution is -0.113. The maximum Gasteiger partial charge on any atom is 0.263 e. The number of anilines is 2. The Morgan fingerprint density at radius 3 is 2.81 bits per heavy atom. The lowest BCUT2D eigenvalue weighted by atomic mass is 9.89. The third-order valence-electron chi connectivity index (χ3n) is 5.69. The number of carbonyl (C=O) groups excluding carboxylic acids is 1. The maximum absolute atomic E-state index is 13.3. The monoisotopic (exact) mass is 468 g/mol. The maximum atomic E-state index is 13.3. The van der Waals surface area contributed by atoms with Gasteiger partial charge in [-0.1, -0.05) is 24.8 Å². The Kier molecular flexibility index (Phi) is 6.71. The van der Waals surface area contributed by atoms with Gasteiger partial charge >= 0.3 is 0 Å². The van der Waals surface area contributed by atoms with Gasteiger partial charge in [0.25, 0.3) is 5.56 Å². The van der Waals surface area contributed by atoms with Crippen molar-refractivity contribution in [3.05, 3.63) is 57.7 Å². The summed E-state index contributed by atoms with van der Waals surface area (Å²) in [6.07, 6.45) is 4.75. The Balaban J connectivity index is 1.55. The fraction of sp³-hybridized carbons (Fsp3) is 0.375. The molecule has 6 nitrogen and oxygen atoms in total. The van der Waals surface area contributed by atoms with Crippen LogP contribution in [0.15, 0.2) is 46.9 Å². The average Bonchev–Trinajstić information content (AvgIpc) is 3.12. The highest BCUT2D eigenvalue weighted by atomic mass is 32.2. The third-order valence-corrected chi connectivity index (χ3v) is 7.82. The van der Waals surface area contributed by atoms with Crippen molar-refractivity contribution in [3.63, 3.8) is 0 Å². The van der Waals surface area contributed by atoms with Crippen LogP contribution in [0.25, 0.3) is 10.2 Å². The van der Waals surface area contributed by atoms with Crippen LogP contribution in [0, 0.1) is 5.92 Å². The van der Waals surface area contributed by atoms with Gasteiger partial charge in [-0.25, -0.2) is 4.98 Å². The standard InChI is InChI=1S/C24H28N4O2S2/c1-5-12-28-23(30)21-18-11-6-15(2)13-19(18)32-22(21)26-24(28)31-14-20(29)25-16-7-9-17(10-8-16)27(3)4/h5,7-10,15H,1,6,11-14H2,2-4H3,(H,25,29). The van der Waals surface area contributed by atoms with Crippen LogP contribution in [0.5, 0.6) is 0 Å². The van der Waals surface area contributed by atoms with E-state index in [2.05, 4.69) is 18.8 Å². The number of thioether (sulfide) groups is 1. The van der Waals surface area contributed by atoms with Gasteiger partial charge in [-0.15, -0.1) is 17.9 Å². The number of nitrogens with zero attached hydrogens (tertiary/aromatic N) is 3. The molecule has 0 bridgehead atoms. The smallest absolute Gasteiger partial charge is 0.263 e. The lowest BCUT2D eigenvalue weighted by Gasteiger charge is -2.17. The van der Waals surface area contributed by atoms with Crippen LogP contribution in [0.1, 0.15) is 23.8 Å². The van der Waals surface area contributed by atoms with Crippen molar-refractivity contribution >= 4 is 50.6 Å². The summed E-state index contributed by atoms with van der Waals surface area (Å²) in [7, 11) is 3.95. The van der Waals surface area contributed by atoms with Crippen molar-refractivity contribution in [1.29, 1.82) is 0 Å². The average molecular weight is 469 g/mol. The molecule has 168 valence electrons. The van der Waals surface area contributed by atoms with Crippen LogP contribution in [-0.4, -0.2) is 35.3 Å². The molecule has 1 amide bonds. The minimum Gasteiger partial charge on any atom is -0.378 e. The normalized spacial score (nSPS) is 15.4. The van der Waals surface area contributed by atoms with Gasteiger partial charge in [0.15, 0.2) is 5.16 Å². The second kappa shape index (κ2) is 9.50. The number of fused-ring (bicyclic) bond motifs is 3. The minimum absolute atomic E-state index is 0.0239. The van der Waals surface area contributed by atoms with E-state index in [9.17, 15) is 9.59 Å². The van der Waals surface area contributed by atoms with Crippen molar-refractivity contribution in [2.24, 2.45) is 5.92 Å². The molecule has 2 heterocycles. The number of thiophene rings is 1. The molecule has 2 aromatic heterocycles. The summed E-state index contributed by atoms with van der Waals surface area (Å²) in [6.45, 7) is 6.43. The van der Waals surface area contributed by atoms with Gasteiger partial charge in [0.1, 0.15) is 4.83 Å². The molecule has 0 saturated heterocycles. The molecule has 8 heteroatoms. The topological polar surface area (TPSA) is 67.2 Å². The van der Waals surface area contributed by atoms with E-state index < -0.39 is 0 Å². The molecule has 3 aromatic rings. The number of benzene rings is 1. The van der Waals surface area contributed by atoms with Crippen LogP contribution >= 0.6 is 23.1 Å². The van der Waals surface area contributed by atoms with E-state index in [1.807, 2.05) is 43.3 Å². The zero-order chi connectivity index (χ0) is 22.8. The number of amides is 1. The van der Waals surface area contributed by atoms with Crippen LogP contribution in [0.3, 0.4) is 0 Å². The summed E-state index contributed by atoms with van der Waals surface area (Å²) >= 11 is 2.92. The SMILES string of the molecule is C=CCn1c(SCC(=O)Nc2ccc(N(C)C)cc2)nc2sc3c(c2c1=O)CCC(C)C3. The Hall–Kier alpha value is -2.58. The first-order valence-electron chi connectivity index (χ1n) is 10.7. The van der Waals surface area contributed by atoms with Crippen molar-refractivity contribution in [3.8, 4) is 0 Å². The highest BCUT2D eigenvalue weighted by Gasteiger charge is 2.24. The first-order chi connectivity index (χ1) is 15.4. The van der Waals surface area contributed by atoms with E-state index in [-0.39, 0.29) is 17.2 Å². The fourth-order valence-electron chi connectivity index (χ4n) is 3.98. The van der Waals surface area contributed by atoms with E-state index in [0.717, 1.165) is 40.9 Å². The first-order valence-corrected chi connectivity index (χ1v) is 12.5. The van der Waals surface area contributed by atoms with Gasteiger partial charge in [0.05, 0.1) is 11.1 Å². The molecule has 1 unspecified atom stereocenters. The van der Waals surface area contributed by atoms with Gasteiger partial charge in [0, 0.05) is 36.9 Å². The molecule has 1 aliphatic rings. The summed E-state index contributed by atoms with van der Waals surface area (Å²) < 4.78 is 1.64. The summed E-state index contributed by atoms with van der Waals surface area (Å²) in [5.74, 6) is 0.675. The molecular weight excluding hydrogens is 440 g/mol. The number of hydrogen-bond donors (Lipinski definition) is 1. The molecule has 1 atom stereocenters. The highest BCUT2D eigenvalue weighted by molar-refractivity contribution is 7.99. The molecular formula is C24H28N4O2S2. The molecule has 4 rings (SSSR count). The predicted octanol–water partition coefficient (Wildman–Crippen LogP) is 4.57. The molecule has 1 N–H and O–H groups in total. The number of carbonyl (C=O) groups is 1. The van der Waals surface area contributed by atoms with Gasteiger partial charge in [-0.2, -0.15) is 0 Å². The Bertz CT molecular complexity index is 1210. The molecule has 0 fully saturated rings. The Labute approximate surface area is 196 Å². The fourth-order valence-corrected chi connectivity index (χ4v) is 6.21. The second-order valence-corrected chi connectivity index (χ2v) is 10.4. The number of hydrogen-bond acceptors (Lipinski definition) is 6. The molecule has 1 aliphatic carbocycles. The number of allylic oxidation sites excluding steroid dienone is 1. The number of rotatable bonds is 7. The lowest BCUT2D eigenvalue weighted by Crippen LogP contribution is -2.24.